The first-order valence-electron chi connectivity index (χ1n) is 9.86. The van der Waals surface area contributed by atoms with E-state index in [0.29, 0.717) is 29.1 Å². The summed E-state index contributed by atoms with van der Waals surface area (Å²) in [5.74, 6) is 0.718. The lowest BCUT2D eigenvalue weighted by Gasteiger charge is -2.39. The van der Waals surface area contributed by atoms with Gasteiger partial charge in [-0.3, -0.25) is 14.5 Å². The molecule has 6 heteroatoms. The molecule has 1 aromatic carbocycles. The second-order valence-electron chi connectivity index (χ2n) is 7.95. The maximum Gasteiger partial charge on any atom is 0.253 e. The molecule has 5 nitrogen and oxygen atoms in total. The topological polar surface area (TPSA) is 61.4 Å². The molecule has 0 bridgehead atoms. The molecule has 1 fully saturated rings. The monoisotopic (exact) mass is 393 g/mol. The summed E-state index contributed by atoms with van der Waals surface area (Å²) in [5, 5.41) is 6.12. The first-order chi connectivity index (χ1) is 12.8. The lowest BCUT2D eigenvalue weighted by Crippen LogP contribution is -2.52. The molecule has 0 spiro atoms. The summed E-state index contributed by atoms with van der Waals surface area (Å²) in [5.41, 5.74) is 0.376. The number of benzene rings is 1. The SMILES string of the molecule is CC1CCN(C(CNC(=O)C(C)NC(=O)c2ccccc2Cl)C(C)C)CC1. The molecule has 2 rings (SSSR count). The molecule has 2 N–H and O–H groups in total. The number of hydrogen-bond acceptors (Lipinski definition) is 3. The van der Waals surface area contributed by atoms with E-state index in [4.69, 9.17) is 11.6 Å². The quantitative estimate of drug-likeness (QED) is 0.746. The molecule has 1 heterocycles. The first-order valence-corrected chi connectivity index (χ1v) is 10.2. The molecular weight excluding hydrogens is 362 g/mol. The van der Waals surface area contributed by atoms with Crippen molar-refractivity contribution in [1.29, 1.82) is 0 Å². The summed E-state index contributed by atoms with van der Waals surface area (Å²) in [7, 11) is 0. The third-order valence-corrected chi connectivity index (χ3v) is 5.73. The standard InChI is InChI=1S/C21H32ClN3O2/c1-14(2)19(25-11-9-15(3)10-12-25)13-23-20(26)16(4)24-21(27)17-7-5-6-8-18(17)22/h5-8,14-16,19H,9-13H2,1-4H3,(H,23,26)(H,24,27). The van der Waals surface area contributed by atoms with Crippen molar-refractivity contribution in [2.75, 3.05) is 19.6 Å². The molecule has 1 aromatic rings. The smallest absolute Gasteiger partial charge is 0.253 e. The zero-order chi connectivity index (χ0) is 20.0. The van der Waals surface area contributed by atoms with E-state index >= 15 is 0 Å². The molecule has 1 aliphatic heterocycles. The van der Waals surface area contributed by atoms with Crippen molar-refractivity contribution >= 4 is 23.4 Å². The number of hydrogen-bond donors (Lipinski definition) is 2. The maximum atomic E-state index is 12.5. The van der Waals surface area contributed by atoms with Crippen molar-refractivity contribution in [3.8, 4) is 0 Å². The van der Waals surface area contributed by atoms with Crippen molar-refractivity contribution in [2.24, 2.45) is 11.8 Å². The van der Waals surface area contributed by atoms with E-state index in [1.54, 1.807) is 31.2 Å². The lowest BCUT2D eigenvalue weighted by molar-refractivity contribution is -0.123. The molecule has 0 aliphatic carbocycles. The summed E-state index contributed by atoms with van der Waals surface area (Å²) in [6.07, 6.45) is 2.42. The molecule has 0 saturated carbocycles. The van der Waals surface area contributed by atoms with E-state index in [0.717, 1.165) is 19.0 Å². The molecule has 2 amide bonds. The van der Waals surface area contributed by atoms with Gasteiger partial charge in [0.05, 0.1) is 10.6 Å². The van der Waals surface area contributed by atoms with E-state index in [1.165, 1.54) is 12.8 Å². The molecule has 0 aromatic heterocycles. The van der Waals surface area contributed by atoms with Crippen LogP contribution in [0.1, 0.15) is 50.9 Å². The largest absolute Gasteiger partial charge is 0.353 e. The Morgan fingerprint density at radius 1 is 1.19 bits per heavy atom. The van der Waals surface area contributed by atoms with Crippen LogP contribution in [0.2, 0.25) is 5.02 Å². The maximum absolute atomic E-state index is 12.5. The van der Waals surface area contributed by atoms with Crippen molar-refractivity contribution < 1.29 is 9.59 Å². The zero-order valence-corrected chi connectivity index (χ0v) is 17.6. The highest BCUT2D eigenvalue weighted by Gasteiger charge is 2.27. The molecule has 2 atom stereocenters. The number of amides is 2. The third kappa shape index (κ3) is 6.22. The van der Waals surface area contributed by atoms with E-state index in [-0.39, 0.29) is 11.8 Å². The van der Waals surface area contributed by atoms with Crippen LogP contribution in [0.25, 0.3) is 0 Å². The number of carbonyl (C=O) groups excluding carboxylic acids is 2. The average Bonchev–Trinajstić information content (AvgIpc) is 2.63. The van der Waals surface area contributed by atoms with Gasteiger partial charge in [0.15, 0.2) is 0 Å². The van der Waals surface area contributed by atoms with Gasteiger partial charge in [0, 0.05) is 12.6 Å². The molecular formula is C21H32ClN3O2. The third-order valence-electron chi connectivity index (χ3n) is 5.40. The van der Waals surface area contributed by atoms with E-state index in [1.807, 2.05) is 0 Å². The highest BCUT2D eigenvalue weighted by molar-refractivity contribution is 6.33. The fourth-order valence-corrected chi connectivity index (χ4v) is 3.71. The number of rotatable bonds is 7. The van der Waals surface area contributed by atoms with E-state index in [9.17, 15) is 9.59 Å². The van der Waals surface area contributed by atoms with Crippen LogP contribution in [-0.4, -0.2) is 48.4 Å². The van der Waals surface area contributed by atoms with Gasteiger partial charge in [-0.15, -0.1) is 0 Å². The Kier molecular flexibility index (Phi) is 8.11. The minimum absolute atomic E-state index is 0.175. The minimum Gasteiger partial charge on any atom is -0.353 e. The number of likely N-dealkylation sites (tertiary alicyclic amines) is 1. The van der Waals surface area contributed by atoms with Gasteiger partial charge in [-0.2, -0.15) is 0 Å². The van der Waals surface area contributed by atoms with Gasteiger partial charge < -0.3 is 10.6 Å². The van der Waals surface area contributed by atoms with Crippen LogP contribution < -0.4 is 10.6 Å². The van der Waals surface area contributed by atoms with Crippen molar-refractivity contribution in [2.45, 2.75) is 52.6 Å². The van der Waals surface area contributed by atoms with E-state index < -0.39 is 6.04 Å². The van der Waals surface area contributed by atoms with Crippen LogP contribution in [0.15, 0.2) is 24.3 Å². The van der Waals surface area contributed by atoms with Gasteiger partial charge in [0.2, 0.25) is 5.91 Å². The molecule has 150 valence electrons. The van der Waals surface area contributed by atoms with Gasteiger partial charge in [-0.25, -0.2) is 0 Å². The van der Waals surface area contributed by atoms with Gasteiger partial charge >= 0.3 is 0 Å². The van der Waals surface area contributed by atoms with Crippen LogP contribution in [-0.2, 0) is 4.79 Å². The van der Waals surface area contributed by atoms with Gasteiger partial charge in [-0.1, -0.05) is 44.5 Å². The molecule has 2 unspecified atom stereocenters. The highest BCUT2D eigenvalue weighted by Crippen LogP contribution is 2.21. The zero-order valence-electron chi connectivity index (χ0n) is 16.8. The van der Waals surface area contributed by atoms with Crippen LogP contribution in [0, 0.1) is 11.8 Å². The van der Waals surface area contributed by atoms with Gasteiger partial charge in [0.1, 0.15) is 6.04 Å². The Labute approximate surface area is 167 Å². The molecule has 1 aliphatic rings. The molecule has 27 heavy (non-hydrogen) atoms. The van der Waals surface area contributed by atoms with Gasteiger partial charge in [-0.05, 0) is 56.8 Å². The van der Waals surface area contributed by atoms with E-state index in [2.05, 4.69) is 36.3 Å². The van der Waals surface area contributed by atoms with Crippen LogP contribution in [0.5, 0.6) is 0 Å². The normalized spacial score (nSPS) is 18.1. The average molecular weight is 394 g/mol. The molecule has 1 saturated heterocycles. The second-order valence-corrected chi connectivity index (χ2v) is 8.36. The summed E-state index contributed by atoms with van der Waals surface area (Å²) in [4.78, 5) is 27.3. The van der Waals surface area contributed by atoms with Crippen LogP contribution >= 0.6 is 11.6 Å². The Balaban J connectivity index is 1.87. The Bertz CT molecular complexity index is 642. The fourth-order valence-electron chi connectivity index (χ4n) is 3.49. The predicted octanol–water partition coefficient (Wildman–Crippen LogP) is 3.33. The minimum atomic E-state index is -0.622. The van der Waals surface area contributed by atoms with Crippen molar-refractivity contribution in [3.05, 3.63) is 34.9 Å². The number of nitrogens with zero attached hydrogens (tertiary/aromatic N) is 1. The first kappa shape index (κ1) is 21.7. The second kappa shape index (κ2) is 10.1. The molecule has 0 radical (unpaired) electrons. The highest BCUT2D eigenvalue weighted by atomic mass is 35.5. The predicted molar refractivity (Wildman–Crippen MR) is 110 cm³/mol. The summed E-state index contributed by atoms with van der Waals surface area (Å²) in [6, 6.07) is 6.51. The summed E-state index contributed by atoms with van der Waals surface area (Å²) < 4.78 is 0. The summed E-state index contributed by atoms with van der Waals surface area (Å²) >= 11 is 6.05. The number of nitrogens with one attached hydrogen (secondary N) is 2. The Hall–Kier alpha value is -1.59. The fraction of sp³-hybridized carbons (Fsp3) is 0.619. The number of piperidine rings is 1. The number of carbonyl (C=O) groups is 2. The van der Waals surface area contributed by atoms with Crippen molar-refractivity contribution in [3.63, 3.8) is 0 Å². The Morgan fingerprint density at radius 2 is 1.81 bits per heavy atom. The summed E-state index contributed by atoms with van der Waals surface area (Å²) in [6.45, 7) is 11.1. The van der Waals surface area contributed by atoms with Crippen molar-refractivity contribution in [1.82, 2.24) is 15.5 Å². The number of halogens is 1. The van der Waals surface area contributed by atoms with Crippen LogP contribution in [0.4, 0.5) is 0 Å². The van der Waals surface area contributed by atoms with Gasteiger partial charge in [0.25, 0.3) is 5.91 Å². The van der Waals surface area contributed by atoms with Crippen LogP contribution in [0.3, 0.4) is 0 Å². The lowest BCUT2D eigenvalue weighted by atomic mass is 9.94. The Morgan fingerprint density at radius 3 is 2.41 bits per heavy atom.